The normalized spacial score (nSPS) is 10.8. The lowest BCUT2D eigenvalue weighted by Gasteiger charge is -2.05. The van der Waals surface area contributed by atoms with Gasteiger partial charge in [0.25, 0.3) is 0 Å². The summed E-state index contributed by atoms with van der Waals surface area (Å²) < 4.78 is 5.00. The smallest absolute Gasteiger partial charge is 0.240 e. The minimum absolute atomic E-state index is 0.0116. The van der Waals surface area contributed by atoms with E-state index in [9.17, 15) is 9.90 Å². The Kier molecular flexibility index (Phi) is 7.94. The van der Waals surface area contributed by atoms with E-state index in [4.69, 9.17) is 4.74 Å². The monoisotopic (exact) mass is 292 g/mol. The third kappa shape index (κ3) is 6.29. The first kappa shape index (κ1) is 17.0. The standard InChI is InChI=1S/C16H24N2O3/c1-3-4-5-6-7-11-15(19)18-17-12-13-9-8-10-14(21-2)16(13)20/h8-10,12,20H,3-7,11H2,1-2H3,(H,18,19)/b17-12-. The molecule has 0 unspecified atom stereocenters. The van der Waals surface area contributed by atoms with Crippen molar-refractivity contribution in [3.05, 3.63) is 23.8 Å². The summed E-state index contributed by atoms with van der Waals surface area (Å²) in [5.41, 5.74) is 2.96. The molecule has 0 heterocycles. The molecule has 0 aliphatic rings. The maximum absolute atomic E-state index is 11.6. The molecule has 0 aromatic heterocycles. The van der Waals surface area contributed by atoms with Crippen LogP contribution in [-0.4, -0.2) is 24.3 Å². The highest BCUT2D eigenvalue weighted by molar-refractivity contribution is 5.86. The Morgan fingerprint density at radius 3 is 2.81 bits per heavy atom. The van der Waals surface area contributed by atoms with Crippen molar-refractivity contribution in [1.82, 2.24) is 5.43 Å². The third-order valence-corrected chi connectivity index (χ3v) is 3.15. The van der Waals surface area contributed by atoms with Crippen LogP contribution in [0.1, 0.15) is 51.0 Å². The molecular weight excluding hydrogens is 268 g/mol. The highest BCUT2D eigenvalue weighted by Crippen LogP contribution is 2.27. The van der Waals surface area contributed by atoms with E-state index in [1.807, 2.05) is 0 Å². The van der Waals surface area contributed by atoms with E-state index in [-0.39, 0.29) is 11.7 Å². The number of phenolic OH excluding ortho intramolecular Hbond substituents is 1. The number of amides is 1. The Labute approximate surface area is 126 Å². The molecule has 0 fully saturated rings. The summed E-state index contributed by atoms with van der Waals surface area (Å²) in [4.78, 5) is 11.6. The molecule has 0 bridgehead atoms. The number of ether oxygens (including phenoxy) is 1. The second-order valence-corrected chi connectivity index (χ2v) is 4.86. The molecule has 0 saturated carbocycles. The summed E-state index contributed by atoms with van der Waals surface area (Å²) in [5.74, 6) is 0.281. The highest BCUT2D eigenvalue weighted by Gasteiger charge is 2.05. The number of hydrogen-bond acceptors (Lipinski definition) is 4. The maximum atomic E-state index is 11.6. The molecule has 1 rings (SSSR count). The Morgan fingerprint density at radius 2 is 2.10 bits per heavy atom. The van der Waals surface area contributed by atoms with Gasteiger partial charge in [0.05, 0.1) is 13.3 Å². The molecular formula is C16H24N2O3. The molecule has 21 heavy (non-hydrogen) atoms. The molecule has 0 radical (unpaired) electrons. The first-order valence-corrected chi connectivity index (χ1v) is 7.37. The van der Waals surface area contributed by atoms with Gasteiger partial charge in [0.1, 0.15) is 0 Å². The van der Waals surface area contributed by atoms with Crippen LogP contribution in [0.15, 0.2) is 23.3 Å². The minimum Gasteiger partial charge on any atom is -0.504 e. The summed E-state index contributed by atoms with van der Waals surface area (Å²) >= 11 is 0. The van der Waals surface area contributed by atoms with Crippen molar-refractivity contribution in [2.45, 2.75) is 45.4 Å². The van der Waals surface area contributed by atoms with Crippen molar-refractivity contribution in [1.29, 1.82) is 0 Å². The third-order valence-electron chi connectivity index (χ3n) is 3.15. The summed E-state index contributed by atoms with van der Waals surface area (Å²) in [7, 11) is 1.48. The largest absolute Gasteiger partial charge is 0.504 e. The van der Waals surface area contributed by atoms with Gasteiger partial charge in [-0.1, -0.05) is 38.7 Å². The van der Waals surface area contributed by atoms with E-state index in [0.29, 0.717) is 17.7 Å². The van der Waals surface area contributed by atoms with Gasteiger partial charge in [0.15, 0.2) is 11.5 Å². The van der Waals surface area contributed by atoms with Gasteiger partial charge >= 0.3 is 0 Å². The molecule has 0 spiro atoms. The van der Waals surface area contributed by atoms with E-state index in [2.05, 4.69) is 17.5 Å². The maximum Gasteiger partial charge on any atom is 0.240 e. The molecule has 2 N–H and O–H groups in total. The van der Waals surface area contributed by atoms with E-state index in [0.717, 1.165) is 12.8 Å². The van der Waals surface area contributed by atoms with Gasteiger partial charge in [0.2, 0.25) is 5.91 Å². The summed E-state index contributed by atoms with van der Waals surface area (Å²) in [6, 6.07) is 5.09. The van der Waals surface area contributed by atoms with Crippen LogP contribution in [0.25, 0.3) is 0 Å². The van der Waals surface area contributed by atoms with Crippen molar-refractivity contribution >= 4 is 12.1 Å². The average Bonchev–Trinajstić information content (AvgIpc) is 2.49. The predicted octanol–water partition coefficient (Wildman–Crippen LogP) is 3.21. The number of rotatable bonds is 9. The van der Waals surface area contributed by atoms with Crippen LogP contribution >= 0.6 is 0 Å². The number of carbonyl (C=O) groups is 1. The summed E-state index contributed by atoms with van der Waals surface area (Å²) in [5, 5.41) is 13.7. The fourth-order valence-corrected chi connectivity index (χ4v) is 1.93. The number of hydrogen-bond donors (Lipinski definition) is 2. The van der Waals surface area contributed by atoms with Crippen LogP contribution in [0.2, 0.25) is 0 Å². The Morgan fingerprint density at radius 1 is 1.33 bits per heavy atom. The van der Waals surface area contributed by atoms with Crippen molar-refractivity contribution in [2.75, 3.05) is 7.11 Å². The zero-order chi connectivity index (χ0) is 15.5. The number of carbonyl (C=O) groups excluding carboxylic acids is 1. The topological polar surface area (TPSA) is 70.9 Å². The molecule has 0 atom stereocenters. The Balaban J connectivity index is 2.35. The van der Waals surface area contributed by atoms with Crippen LogP contribution in [0.3, 0.4) is 0 Å². The fourth-order valence-electron chi connectivity index (χ4n) is 1.93. The van der Waals surface area contributed by atoms with Gasteiger partial charge in [-0.15, -0.1) is 0 Å². The van der Waals surface area contributed by atoms with Crippen LogP contribution in [-0.2, 0) is 4.79 Å². The minimum atomic E-state index is -0.106. The predicted molar refractivity (Wildman–Crippen MR) is 83.8 cm³/mol. The molecule has 116 valence electrons. The summed E-state index contributed by atoms with van der Waals surface area (Å²) in [6.07, 6.45) is 7.42. The van der Waals surface area contributed by atoms with Gasteiger partial charge in [0, 0.05) is 12.0 Å². The Bertz CT molecular complexity index is 473. The molecule has 1 aromatic carbocycles. The van der Waals surface area contributed by atoms with E-state index >= 15 is 0 Å². The number of nitrogens with one attached hydrogen (secondary N) is 1. The number of nitrogens with zero attached hydrogens (tertiary/aromatic N) is 1. The average molecular weight is 292 g/mol. The van der Waals surface area contributed by atoms with E-state index < -0.39 is 0 Å². The van der Waals surface area contributed by atoms with Crippen molar-refractivity contribution in [3.63, 3.8) is 0 Å². The lowest BCUT2D eigenvalue weighted by atomic mass is 10.1. The molecule has 0 aliphatic carbocycles. The molecule has 0 saturated heterocycles. The first-order chi connectivity index (χ1) is 10.2. The van der Waals surface area contributed by atoms with Gasteiger partial charge in [-0.05, 0) is 18.6 Å². The number of phenols is 1. The van der Waals surface area contributed by atoms with Gasteiger partial charge in [-0.25, -0.2) is 5.43 Å². The van der Waals surface area contributed by atoms with Crippen molar-refractivity contribution in [3.8, 4) is 11.5 Å². The number of hydrazone groups is 1. The molecule has 1 aromatic rings. The molecule has 5 nitrogen and oxygen atoms in total. The second kappa shape index (κ2) is 9.80. The zero-order valence-electron chi connectivity index (χ0n) is 12.8. The zero-order valence-corrected chi connectivity index (χ0v) is 12.8. The number of aromatic hydroxyl groups is 1. The van der Waals surface area contributed by atoms with Gasteiger partial charge < -0.3 is 9.84 Å². The summed E-state index contributed by atoms with van der Waals surface area (Å²) in [6.45, 7) is 2.16. The van der Waals surface area contributed by atoms with Crippen LogP contribution in [0.4, 0.5) is 0 Å². The van der Waals surface area contributed by atoms with Crippen LogP contribution < -0.4 is 10.2 Å². The van der Waals surface area contributed by atoms with Crippen molar-refractivity contribution in [2.24, 2.45) is 5.10 Å². The second-order valence-electron chi connectivity index (χ2n) is 4.86. The van der Waals surface area contributed by atoms with Crippen molar-refractivity contribution < 1.29 is 14.6 Å². The lowest BCUT2D eigenvalue weighted by molar-refractivity contribution is -0.121. The van der Waals surface area contributed by atoms with E-state index in [1.54, 1.807) is 18.2 Å². The van der Waals surface area contributed by atoms with Gasteiger partial charge in [-0.3, -0.25) is 4.79 Å². The van der Waals surface area contributed by atoms with Crippen LogP contribution in [0.5, 0.6) is 11.5 Å². The Hall–Kier alpha value is -2.04. The first-order valence-electron chi connectivity index (χ1n) is 7.37. The number of benzene rings is 1. The number of methoxy groups -OCH3 is 1. The highest BCUT2D eigenvalue weighted by atomic mass is 16.5. The SMILES string of the molecule is CCCCCCCC(=O)N/N=C\c1cccc(OC)c1O. The molecule has 1 amide bonds. The number of unbranched alkanes of at least 4 members (excludes halogenated alkanes) is 4. The lowest BCUT2D eigenvalue weighted by Crippen LogP contribution is -2.16. The molecule has 5 heteroatoms. The van der Waals surface area contributed by atoms with Gasteiger partial charge in [-0.2, -0.15) is 5.10 Å². The number of para-hydroxylation sites is 1. The van der Waals surface area contributed by atoms with Crippen LogP contribution in [0, 0.1) is 0 Å². The van der Waals surface area contributed by atoms with E-state index in [1.165, 1.54) is 32.6 Å². The quantitative estimate of drug-likeness (QED) is 0.417. The molecule has 0 aliphatic heterocycles. The fraction of sp³-hybridized carbons (Fsp3) is 0.500.